The van der Waals surface area contributed by atoms with Crippen LogP contribution in [-0.2, 0) is 16.0 Å². The van der Waals surface area contributed by atoms with Crippen LogP contribution in [0.15, 0.2) is 48.2 Å². The first-order valence-electron chi connectivity index (χ1n) is 12.4. The summed E-state index contributed by atoms with van der Waals surface area (Å²) in [5, 5.41) is 16.9. The monoisotopic (exact) mass is 495 g/mol. The van der Waals surface area contributed by atoms with E-state index in [1.165, 1.54) is 11.6 Å². The Balaban J connectivity index is 1.36. The van der Waals surface area contributed by atoms with E-state index in [1.54, 1.807) is 12.1 Å². The molecule has 9 heteroatoms. The van der Waals surface area contributed by atoms with Crippen LogP contribution in [-0.4, -0.2) is 36.5 Å². The number of nitrogens with zero attached hydrogens (tertiary/aromatic N) is 1. The van der Waals surface area contributed by atoms with E-state index in [0.29, 0.717) is 55.2 Å². The normalized spacial score (nSPS) is 12.1. The molecule has 0 unspecified atom stereocenters. The van der Waals surface area contributed by atoms with Crippen LogP contribution in [0.4, 0.5) is 5.69 Å². The summed E-state index contributed by atoms with van der Waals surface area (Å²) in [6.45, 7) is 2.71. The fourth-order valence-corrected chi connectivity index (χ4v) is 3.92. The van der Waals surface area contributed by atoms with Gasteiger partial charge in [0.05, 0.1) is 11.5 Å². The summed E-state index contributed by atoms with van der Waals surface area (Å²) in [4.78, 5) is 35.0. The number of benzene rings is 2. The maximum absolute atomic E-state index is 12.4. The highest BCUT2D eigenvalue weighted by Gasteiger charge is 2.24. The number of rotatable bonds is 14. The van der Waals surface area contributed by atoms with Gasteiger partial charge in [0.25, 0.3) is 5.70 Å². The van der Waals surface area contributed by atoms with Gasteiger partial charge in [0.15, 0.2) is 18.1 Å². The highest BCUT2D eigenvalue weighted by atomic mass is 16.6. The average Bonchev–Trinajstić information content (AvgIpc) is 2.86. The van der Waals surface area contributed by atoms with Crippen LogP contribution in [0.1, 0.15) is 56.6 Å². The van der Waals surface area contributed by atoms with Gasteiger partial charge in [0, 0.05) is 42.8 Å². The molecule has 0 saturated carbocycles. The van der Waals surface area contributed by atoms with Crippen LogP contribution >= 0.6 is 0 Å². The van der Waals surface area contributed by atoms with Gasteiger partial charge in [-0.25, -0.2) is 0 Å². The van der Waals surface area contributed by atoms with Crippen LogP contribution < -0.4 is 20.1 Å². The van der Waals surface area contributed by atoms with E-state index in [2.05, 4.69) is 10.6 Å². The van der Waals surface area contributed by atoms with E-state index < -0.39 is 4.92 Å². The van der Waals surface area contributed by atoms with Crippen LogP contribution in [0.3, 0.4) is 0 Å². The zero-order valence-corrected chi connectivity index (χ0v) is 20.6. The number of carbonyl (C=O) groups is 2. The van der Waals surface area contributed by atoms with Gasteiger partial charge < -0.3 is 20.1 Å². The summed E-state index contributed by atoms with van der Waals surface area (Å²) in [5.41, 5.74) is 2.14. The van der Waals surface area contributed by atoms with Crippen molar-refractivity contribution in [3.8, 4) is 11.5 Å². The Kier molecular flexibility index (Phi) is 10.3. The van der Waals surface area contributed by atoms with E-state index in [4.69, 9.17) is 9.47 Å². The number of fused-ring (bicyclic) bond motifs is 1. The molecule has 1 aliphatic rings. The lowest BCUT2D eigenvalue weighted by Gasteiger charge is -2.19. The van der Waals surface area contributed by atoms with E-state index >= 15 is 0 Å². The second-order valence-corrected chi connectivity index (χ2v) is 8.56. The number of nitro groups is 1. The SMILES string of the molecule is CCOc1cc(NC(=O)CCCCCCC(=O)NCCc2ccccc2)cc2c1OCC([N+](=O)[O-])=C2. The number of anilines is 1. The molecule has 0 fully saturated rings. The number of amides is 2. The summed E-state index contributed by atoms with van der Waals surface area (Å²) in [7, 11) is 0. The first-order valence-corrected chi connectivity index (χ1v) is 12.4. The van der Waals surface area contributed by atoms with Crippen molar-refractivity contribution >= 4 is 23.6 Å². The maximum Gasteiger partial charge on any atom is 0.284 e. The van der Waals surface area contributed by atoms with Crippen LogP contribution in [0.25, 0.3) is 6.08 Å². The van der Waals surface area contributed by atoms with Crippen molar-refractivity contribution in [2.45, 2.75) is 51.9 Å². The second-order valence-electron chi connectivity index (χ2n) is 8.56. The zero-order valence-electron chi connectivity index (χ0n) is 20.6. The molecule has 0 saturated heterocycles. The highest BCUT2D eigenvalue weighted by molar-refractivity contribution is 5.91. The third-order valence-corrected chi connectivity index (χ3v) is 5.72. The van der Waals surface area contributed by atoms with Gasteiger partial charge in [-0.1, -0.05) is 43.2 Å². The topological polar surface area (TPSA) is 120 Å². The Hall–Kier alpha value is -3.88. The van der Waals surface area contributed by atoms with Gasteiger partial charge in [-0.05, 0) is 37.8 Å². The minimum atomic E-state index is -0.483. The molecule has 2 N–H and O–H groups in total. The van der Waals surface area contributed by atoms with Crippen LogP contribution in [0.2, 0.25) is 0 Å². The quantitative estimate of drug-likeness (QED) is 0.222. The van der Waals surface area contributed by atoms with Gasteiger partial charge in [0.1, 0.15) is 0 Å². The molecule has 36 heavy (non-hydrogen) atoms. The van der Waals surface area contributed by atoms with E-state index in [0.717, 1.165) is 25.7 Å². The molecule has 0 aliphatic carbocycles. The third kappa shape index (κ3) is 8.41. The van der Waals surface area contributed by atoms with Gasteiger partial charge in [-0.15, -0.1) is 0 Å². The molecule has 192 valence electrons. The Labute approximate surface area is 211 Å². The molecular weight excluding hydrogens is 462 g/mol. The van der Waals surface area contributed by atoms with Crippen molar-refractivity contribution in [2.75, 3.05) is 25.1 Å². The molecule has 0 spiro atoms. The minimum Gasteiger partial charge on any atom is -0.490 e. The lowest BCUT2D eigenvalue weighted by atomic mass is 10.1. The fraction of sp³-hybridized carbons (Fsp3) is 0.407. The molecule has 1 heterocycles. The number of ether oxygens (including phenoxy) is 2. The van der Waals surface area contributed by atoms with Gasteiger partial charge in [-0.2, -0.15) is 0 Å². The highest BCUT2D eigenvalue weighted by Crippen LogP contribution is 2.39. The number of nitrogens with one attached hydrogen (secondary N) is 2. The smallest absolute Gasteiger partial charge is 0.284 e. The van der Waals surface area contributed by atoms with E-state index in [-0.39, 0.29) is 24.1 Å². The van der Waals surface area contributed by atoms with E-state index in [9.17, 15) is 19.7 Å². The second kappa shape index (κ2) is 13.9. The molecular formula is C27H33N3O6. The number of hydrogen-bond acceptors (Lipinski definition) is 6. The van der Waals surface area contributed by atoms with Crippen molar-refractivity contribution in [3.05, 3.63) is 69.4 Å². The van der Waals surface area contributed by atoms with Gasteiger partial charge in [0.2, 0.25) is 11.8 Å². The molecule has 2 aromatic rings. The Bertz CT molecular complexity index is 1080. The van der Waals surface area contributed by atoms with Crippen molar-refractivity contribution in [1.82, 2.24) is 5.32 Å². The largest absolute Gasteiger partial charge is 0.490 e. The first-order chi connectivity index (χ1) is 17.5. The van der Waals surface area contributed by atoms with Crippen molar-refractivity contribution < 1.29 is 24.0 Å². The Morgan fingerprint density at radius 1 is 1.06 bits per heavy atom. The molecule has 0 bridgehead atoms. The maximum atomic E-state index is 12.4. The molecule has 0 radical (unpaired) electrons. The van der Waals surface area contributed by atoms with Crippen LogP contribution in [0, 0.1) is 10.1 Å². The first kappa shape index (κ1) is 26.7. The molecule has 0 aromatic heterocycles. The fourth-order valence-electron chi connectivity index (χ4n) is 3.92. The summed E-state index contributed by atoms with van der Waals surface area (Å²) >= 11 is 0. The number of carbonyl (C=O) groups excluding carboxylic acids is 2. The van der Waals surface area contributed by atoms with Crippen molar-refractivity contribution in [3.63, 3.8) is 0 Å². The predicted molar refractivity (Wildman–Crippen MR) is 138 cm³/mol. The summed E-state index contributed by atoms with van der Waals surface area (Å²) in [6.07, 6.45) is 6.30. The van der Waals surface area contributed by atoms with Gasteiger partial charge in [-0.3, -0.25) is 19.7 Å². The zero-order chi connectivity index (χ0) is 25.8. The van der Waals surface area contributed by atoms with Gasteiger partial charge >= 0.3 is 0 Å². The molecule has 2 amide bonds. The molecule has 3 rings (SSSR count). The number of unbranched alkanes of at least 4 members (excludes halogenated alkanes) is 3. The number of hydrogen-bond donors (Lipinski definition) is 2. The predicted octanol–water partition coefficient (Wildman–Crippen LogP) is 4.73. The van der Waals surface area contributed by atoms with E-state index in [1.807, 2.05) is 37.3 Å². The molecule has 1 aliphatic heterocycles. The van der Waals surface area contributed by atoms with Crippen LogP contribution in [0.5, 0.6) is 11.5 Å². The lowest BCUT2D eigenvalue weighted by Crippen LogP contribution is -2.25. The summed E-state index contributed by atoms with van der Waals surface area (Å²) in [5.74, 6) is 0.779. The molecule has 0 atom stereocenters. The minimum absolute atomic E-state index is 0.0550. The van der Waals surface area contributed by atoms with Crippen molar-refractivity contribution in [1.29, 1.82) is 0 Å². The van der Waals surface area contributed by atoms with Crippen molar-refractivity contribution in [2.24, 2.45) is 0 Å². The lowest BCUT2D eigenvalue weighted by molar-refractivity contribution is -0.427. The average molecular weight is 496 g/mol. The molecule has 2 aromatic carbocycles. The molecule has 9 nitrogen and oxygen atoms in total. The Morgan fingerprint density at radius 2 is 1.78 bits per heavy atom. The standard InChI is InChI=1S/C27H33N3O6/c1-2-35-24-18-22(16-21-17-23(30(33)34)19-36-27(21)24)29-26(32)13-9-4-3-8-12-25(31)28-15-14-20-10-6-5-7-11-20/h5-7,10-11,16-18H,2-4,8-9,12-15,19H2,1H3,(H,28,31)(H,29,32). The summed E-state index contributed by atoms with van der Waals surface area (Å²) in [6, 6.07) is 13.4. The third-order valence-electron chi connectivity index (χ3n) is 5.72. The summed E-state index contributed by atoms with van der Waals surface area (Å²) < 4.78 is 11.1. The Morgan fingerprint density at radius 3 is 2.47 bits per heavy atom.